The molecule has 1 aromatic heterocycles. The van der Waals surface area contributed by atoms with Crippen LogP contribution in [0.2, 0.25) is 0 Å². The fraction of sp³-hybridized carbons (Fsp3) is 0.250. The van der Waals surface area contributed by atoms with Gasteiger partial charge in [0, 0.05) is 30.7 Å². The molecule has 5 heteroatoms. The number of H-pyrrole nitrogens is 1. The van der Waals surface area contributed by atoms with Crippen LogP contribution >= 0.6 is 0 Å². The van der Waals surface area contributed by atoms with Gasteiger partial charge in [0.25, 0.3) is 0 Å². The van der Waals surface area contributed by atoms with Crippen molar-refractivity contribution in [1.29, 1.82) is 0 Å². The minimum absolute atomic E-state index is 0.0529. The number of aliphatic hydroxyl groups is 1. The molecule has 0 fully saturated rings. The van der Waals surface area contributed by atoms with E-state index in [1.165, 1.54) is 5.39 Å². The van der Waals surface area contributed by atoms with Crippen molar-refractivity contribution in [3.8, 4) is 0 Å². The first-order chi connectivity index (χ1) is 12.2. The smallest absolute Gasteiger partial charge is 0.314 e. The summed E-state index contributed by atoms with van der Waals surface area (Å²) >= 11 is 0. The quantitative estimate of drug-likeness (QED) is 0.535. The molecule has 130 valence electrons. The van der Waals surface area contributed by atoms with Crippen molar-refractivity contribution in [2.24, 2.45) is 0 Å². The molecule has 0 aliphatic rings. The number of hydrogen-bond acceptors (Lipinski definition) is 2. The number of aliphatic hydroxyl groups excluding tert-OH is 1. The Kier molecular flexibility index (Phi) is 5.69. The van der Waals surface area contributed by atoms with Gasteiger partial charge < -0.3 is 20.7 Å². The van der Waals surface area contributed by atoms with Crippen LogP contribution in [0.1, 0.15) is 16.8 Å². The van der Waals surface area contributed by atoms with Crippen molar-refractivity contribution in [2.75, 3.05) is 13.1 Å². The van der Waals surface area contributed by atoms with Crippen molar-refractivity contribution in [3.05, 3.63) is 71.4 Å². The Morgan fingerprint density at radius 1 is 0.920 bits per heavy atom. The van der Waals surface area contributed by atoms with E-state index in [9.17, 15) is 4.79 Å². The molecule has 2 amide bonds. The van der Waals surface area contributed by atoms with Gasteiger partial charge >= 0.3 is 6.03 Å². The lowest BCUT2D eigenvalue weighted by Crippen LogP contribution is -2.37. The van der Waals surface area contributed by atoms with Crippen LogP contribution < -0.4 is 10.6 Å². The summed E-state index contributed by atoms with van der Waals surface area (Å²) in [6.45, 7) is 1.22. The summed E-state index contributed by atoms with van der Waals surface area (Å²) in [5.41, 5.74) is 4.27. The second kappa shape index (κ2) is 8.35. The molecule has 0 saturated heterocycles. The largest absolute Gasteiger partial charge is 0.392 e. The number of aromatic amines is 1. The highest BCUT2D eigenvalue weighted by Gasteiger charge is 2.03. The number of hydrogen-bond donors (Lipinski definition) is 4. The molecule has 3 aromatic rings. The van der Waals surface area contributed by atoms with E-state index in [0.717, 1.165) is 35.2 Å². The molecule has 1 heterocycles. The molecular formula is C20H23N3O2. The van der Waals surface area contributed by atoms with E-state index in [1.807, 2.05) is 42.5 Å². The van der Waals surface area contributed by atoms with E-state index in [4.69, 9.17) is 5.11 Å². The highest BCUT2D eigenvalue weighted by atomic mass is 16.3. The number of urea groups is 1. The van der Waals surface area contributed by atoms with Crippen LogP contribution in [0, 0.1) is 0 Å². The number of rotatable bonds is 7. The lowest BCUT2D eigenvalue weighted by atomic mass is 10.1. The lowest BCUT2D eigenvalue weighted by Gasteiger charge is -2.07. The zero-order valence-electron chi connectivity index (χ0n) is 14.1. The molecule has 0 unspecified atom stereocenters. The number of amides is 2. The molecule has 4 N–H and O–H groups in total. The van der Waals surface area contributed by atoms with Crippen LogP contribution in [0.25, 0.3) is 10.9 Å². The summed E-state index contributed by atoms with van der Waals surface area (Å²) in [4.78, 5) is 15.2. The topological polar surface area (TPSA) is 77.2 Å². The molecule has 0 bridgehead atoms. The van der Waals surface area contributed by atoms with E-state index >= 15 is 0 Å². The van der Waals surface area contributed by atoms with Crippen molar-refractivity contribution in [1.82, 2.24) is 15.6 Å². The minimum Gasteiger partial charge on any atom is -0.392 e. The van der Waals surface area contributed by atoms with Gasteiger partial charge in [0.15, 0.2) is 0 Å². The Balaban J connectivity index is 1.36. The average Bonchev–Trinajstić information content (AvgIpc) is 3.05. The zero-order chi connectivity index (χ0) is 17.5. The first kappa shape index (κ1) is 17.0. The fourth-order valence-electron chi connectivity index (χ4n) is 2.77. The molecule has 0 aliphatic carbocycles. The van der Waals surface area contributed by atoms with Gasteiger partial charge in [-0.2, -0.15) is 0 Å². The fourth-order valence-corrected chi connectivity index (χ4v) is 2.77. The molecule has 0 aliphatic heterocycles. The molecule has 2 aromatic carbocycles. The summed E-state index contributed by atoms with van der Waals surface area (Å²) in [7, 11) is 0. The van der Waals surface area contributed by atoms with E-state index in [1.54, 1.807) is 0 Å². The first-order valence-corrected chi connectivity index (χ1v) is 8.51. The van der Waals surface area contributed by atoms with E-state index in [-0.39, 0.29) is 12.6 Å². The van der Waals surface area contributed by atoms with Crippen molar-refractivity contribution in [3.63, 3.8) is 0 Å². The SMILES string of the molecule is O=C(NCCc1ccc(CO)cc1)NCCc1cc2ccccc2[nH]1. The molecule has 0 atom stereocenters. The summed E-state index contributed by atoms with van der Waals surface area (Å²) in [5.74, 6) is 0. The number of benzene rings is 2. The van der Waals surface area contributed by atoms with Crippen LogP contribution in [0.15, 0.2) is 54.6 Å². The maximum atomic E-state index is 11.8. The van der Waals surface area contributed by atoms with Crippen LogP contribution in [0.4, 0.5) is 4.79 Å². The molecule has 0 spiro atoms. The number of aromatic nitrogens is 1. The van der Waals surface area contributed by atoms with E-state index in [2.05, 4.69) is 27.8 Å². The number of carbonyl (C=O) groups excluding carboxylic acids is 1. The predicted molar refractivity (Wildman–Crippen MR) is 99.5 cm³/mol. The molecule has 0 radical (unpaired) electrons. The Bertz CT molecular complexity index is 791. The van der Waals surface area contributed by atoms with Gasteiger partial charge in [0.05, 0.1) is 6.61 Å². The number of para-hydroxylation sites is 1. The Morgan fingerprint density at radius 3 is 2.32 bits per heavy atom. The Morgan fingerprint density at radius 2 is 1.60 bits per heavy atom. The van der Waals surface area contributed by atoms with Gasteiger partial charge in [-0.3, -0.25) is 0 Å². The van der Waals surface area contributed by atoms with Crippen LogP contribution in [0.3, 0.4) is 0 Å². The molecule has 25 heavy (non-hydrogen) atoms. The summed E-state index contributed by atoms with van der Waals surface area (Å²) in [5, 5.41) is 15.9. The minimum atomic E-state index is -0.150. The number of nitrogens with one attached hydrogen (secondary N) is 3. The molecule has 3 rings (SSSR count). The van der Waals surface area contributed by atoms with Gasteiger partial charge in [-0.25, -0.2) is 4.79 Å². The van der Waals surface area contributed by atoms with E-state index < -0.39 is 0 Å². The average molecular weight is 337 g/mol. The van der Waals surface area contributed by atoms with Gasteiger partial charge in [0.2, 0.25) is 0 Å². The summed E-state index contributed by atoms with van der Waals surface area (Å²) < 4.78 is 0. The number of fused-ring (bicyclic) bond motifs is 1. The maximum Gasteiger partial charge on any atom is 0.314 e. The first-order valence-electron chi connectivity index (χ1n) is 8.51. The molecular weight excluding hydrogens is 314 g/mol. The number of carbonyl (C=O) groups is 1. The predicted octanol–water partition coefficient (Wildman–Crippen LogP) is 2.74. The molecule has 5 nitrogen and oxygen atoms in total. The Labute approximate surface area is 147 Å². The second-order valence-corrected chi connectivity index (χ2v) is 6.04. The van der Waals surface area contributed by atoms with Crippen molar-refractivity contribution < 1.29 is 9.90 Å². The second-order valence-electron chi connectivity index (χ2n) is 6.04. The third-order valence-electron chi connectivity index (χ3n) is 4.17. The van der Waals surface area contributed by atoms with Crippen LogP contribution in [0.5, 0.6) is 0 Å². The van der Waals surface area contributed by atoms with Gasteiger partial charge in [-0.1, -0.05) is 42.5 Å². The van der Waals surface area contributed by atoms with Crippen LogP contribution in [-0.2, 0) is 19.4 Å². The molecule has 0 saturated carbocycles. The van der Waals surface area contributed by atoms with Gasteiger partial charge in [-0.15, -0.1) is 0 Å². The van der Waals surface area contributed by atoms with E-state index in [0.29, 0.717) is 13.1 Å². The van der Waals surface area contributed by atoms with Crippen molar-refractivity contribution >= 4 is 16.9 Å². The third-order valence-corrected chi connectivity index (χ3v) is 4.17. The Hall–Kier alpha value is -2.79. The summed E-state index contributed by atoms with van der Waals surface area (Å²) in [6.07, 6.45) is 1.53. The maximum absolute atomic E-state index is 11.8. The third kappa shape index (κ3) is 4.84. The monoisotopic (exact) mass is 337 g/mol. The normalized spacial score (nSPS) is 10.8. The lowest BCUT2D eigenvalue weighted by molar-refractivity contribution is 0.241. The van der Waals surface area contributed by atoms with Gasteiger partial charge in [-0.05, 0) is 35.1 Å². The highest BCUT2D eigenvalue weighted by Crippen LogP contribution is 2.14. The standard InChI is InChI=1S/C20H23N3O2/c24-14-16-7-5-15(6-8-16)9-11-21-20(25)22-12-10-18-13-17-3-1-2-4-19(17)23-18/h1-8,13,23-24H,9-12,14H2,(H2,21,22,25). The summed E-state index contributed by atoms with van der Waals surface area (Å²) in [6, 6.07) is 17.9. The van der Waals surface area contributed by atoms with Gasteiger partial charge in [0.1, 0.15) is 0 Å². The van der Waals surface area contributed by atoms with Crippen LogP contribution in [-0.4, -0.2) is 29.2 Å². The zero-order valence-corrected chi connectivity index (χ0v) is 14.1. The van der Waals surface area contributed by atoms with Crippen molar-refractivity contribution in [2.45, 2.75) is 19.4 Å². The highest BCUT2D eigenvalue weighted by molar-refractivity contribution is 5.80.